The summed E-state index contributed by atoms with van der Waals surface area (Å²) in [6.07, 6.45) is 21.3. The Labute approximate surface area is 461 Å². The van der Waals surface area contributed by atoms with Gasteiger partial charge in [0.15, 0.2) is 5.71 Å². The minimum Gasteiger partial charge on any atom is -0.748 e. The van der Waals surface area contributed by atoms with E-state index < -0.39 is 42.3 Å². The number of hydrogen-bond donors (Lipinski definition) is 4. The number of ether oxygens (including phenoxy) is 1. The second kappa shape index (κ2) is 27.3. The number of benzene rings is 3. The number of nitrogens with zero attached hydrogens (tertiary/aromatic N) is 3. The van der Waals surface area contributed by atoms with Crippen LogP contribution in [-0.4, -0.2) is 105 Å². The fourth-order valence-corrected chi connectivity index (χ4v) is 12.1. The number of anilines is 3. The van der Waals surface area contributed by atoms with E-state index in [0.717, 1.165) is 92.1 Å². The number of carbonyl (C=O) groups is 1. The summed E-state index contributed by atoms with van der Waals surface area (Å²) in [5.41, 5.74) is 5.98. The highest BCUT2D eigenvalue weighted by molar-refractivity contribution is 7.86. The zero-order valence-electron chi connectivity index (χ0n) is 46.0. The van der Waals surface area contributed by atoms with Crippen LogP contribution in [0.2, 0.25) is 0 Å². The molecule has 3 heterocycles. The quantitative estimate of drug-likeness (QED) is 0.0121. The van der Waals surface area contributed by atoms with E-state index in [2.05, 4.69) is 88.4 Å². The van der Waals surface area contributed by atoms with Gasteiger partial charge in [-0.15, -0.1) is 0 Å². The van der Waals surface area contributed by atoms with Crippen molar-refractivity contribution in [3.8, 4) is 5.75 Å². The first kappa shape index (κ1) is 59.7. The summed E-state index contributed by atoms with van der Waals surface area (Å²) in [5.74, 6) is 0.434. The first-order valence-corrected chi connectivity index (χ1v) is 30.9. The molecule has 0 atom stereocenters. The lowest BCUT2D eigenvalue weighted by molar-refractivity contribution is -0.438. The number of hydrogen-bond acceptors (Lipinski definition) is 13. The number of amides is 1. The zero-order chi connectivity index (χ0) is 55.9. The predicted molar refractivity (Wildman–Crippen MR) is 310 cm³/mol. The Morgan fingerprint density at radius 1 is 0.744 bits per heavy atom. The largest absolute Gasteiger partial charge is 0.748 e. The molecule has 16 nitrogen and oxygen atoms in total. The van der Waals surface area contributed by atoms with Crippen LogP contribution in [0.1, 0.15) is 134 Å². The molecular weight excluding hydrogens is 1030 g/mol. The Hall–Kier alpha value is -5.92. The summed E-state index contributed by atoms with van der Waals surface area (Å²) in [6, 6.07) is 21.1. The fourth-order valence-electron chi connectivity index (χ4n) is 11.0. The molecule has 0 aromatic heterocycles. The van der Waals surface area contributed by atoms with Gasteiger partial charge in [-0.25, -0.2) is 8.42 Å². The van der Waals surface area contributed by atoms with Crippen molar-refractivity contribution in [2.75, 3.05) is 73.7 Å². The summed E-state index contributed by atoms with van der Waals surface area (Å²) in [6.45, 7) is 15.0. The summed E-state index contributed by atoms with van der Waals surface area (Å²) in [5, 5.41) is 9.31. The van der Waals surface area contributed by atoms with Crippen molar-refractivity contribution in [3.05, 3.63) is 140 Å². The molecule has 1 fully saturated rings. The van der Waals surface area contributed by atoms with Crippen LogP contribution in [0.15, 0.2) is 117 Å². The lowest BCUT2D eigenvalue weighted by atomic mass is 9.81. The van der Waals surface area contributed by atoms with Crippen molar-refractivity contribution in [1.82, 2.24) is 10.2 Å². The number of piperidine rings is 1. The topological polar surface area (TPSA) is 218 Å². The van der Waals surface area contributed by atoms with Crippen LogP contribution in [0, 0.1) is 0 Å². The van der Waals surface area contributed by atoms with Gasteiger partial charge < -0.3 is 30.1 Å². The third-order valence-corrected chi connectivity index (χ3v) is 16.9. The summed E-state index contributed by atoms with van der Waals surface area (Å²) < 4.78 is 76.5. The predicted octanol–water partition coefficient (Wildman–Crippen LogP) is 9.24. The number of allylic oxidation sites excluding steroid dienone is 6. The SMILES string of the molecule is CC1(C)C(=CC=CC=CC2=[N+](CCCCS(=O)(=O)[O-])c3ccccc3C2(C)C)N(CCCCCC(=O)NCCCCCCNc2c(NCCCOc3cccc(CN4CCCCC4)c3)c(=O)c2=O)c2cc(S(=O)(=O)O)ccc21. The minimum atomic E-state index is -4.45. The maximum Gasteiger partial charge on any atom is 0.294 e. The highest BCUT2D eigenvalue weighted by Gasteiger charge is 2.44. The maximum atomic E-state index is 12.8. The number of para-hydroxylation sites is 1. The highest BCUT2D eigenvalue weighted by atomic mass is 32.2. The minimum absolute atomic E-state index is 0.00845. The number of carbonyl (C=O) groups excluding carboxylic acids is 1. The Morgan fingerprint density at radius 3 is 2.18 bits per heavy atom. The van der Waals surface area contributed by atoms with E-state index >= 15 is 0 Å². The second-order valence-corrected chi connectivity index (χ2v) is 24.8. The molecule has 18 heteroatoms. The van der Waals surface area contributed by atoms with Crippen molar-refractivity contribution < 1.29 is 40.0 Å². The number of unbranched alkanes of at least 4 members (excludes halogenated alkanes) is 6. The standard InChI is InChI=1S/C60H80N6O10S2/c1-59(2)48-26-13-14-27-50(48)65(39-20-21-41-77(70,71)72)52(59)28-10-7-11-29-53-60(3,4)49-32-31-47(78(73,74)75)43-51(49)66(53)38-19-8-12-30-54(67)61-33-15-5-6-16-34-62-55-56(58(69)57(55)68)63-35-23-40-76-46-25-22-24-45(42-46)44-64-36-17-9-18-37-64/h7,10-11,13-14,22,24-29,31-32,42-43H,5-6,8-9,12,15-21,23,30,33-41,44H2,1-4H3,(H4-,61,62,63,67,68,69,70,71,72,73,74,75). The molecule has 422 valence electrons. The van der Waals surface area contributed by atoms with Crippen molar-refractivity contribution in [2.45, 2.75) is 140 Å². The zero-order valence-corrected chi connectivity index (χ0v) is 47.6. The molecule has 4 N–H and O–H groups in total. The van der Waals surface area contributed by atoms with Crippen molar-refractivity contribution in [3.63, 3.8) is 0 Å². The maximum absolute atomic E-state index is 12.8. The van der Waals surface area contributed by atoms with E-state index in [4.69, 9.17) is 4.74 Å². The second-order valence-electron chi connectivity index (χ2n) is 21.9. The average Bonchev–Trinajstić information content (AvgIpc) is 3.99. The molecule has 1 amide bonds. The van der Waals surface area contributed by atoms with Crippen molar-refractivity contribution >= 4 is 54.6 Å². The molecule has 0 radical (unpaired) electrons. The third kappa shape index (κ3) is 15.9. The lowest BCUT2D eigenvalue weighted by Gasteiger charge is -2.27. The van der Waals surface area contributed by atoms with Gasteiger partial charge in [0.1, 0.15) is 23.7 Å². The summed E-state index contributed by atoms with van der Waals surface area (Å²) >= 11 is 0. The molecule has 7 rings (SSSR count). The van der Waals surface area contributed by atoms with E-state index in [0.29, 0.717) is 82.1 Å². The van der Waals surface area contributed by atoms with Crippen LogP contribution in [-0.2, 0) is 42.4 Å². The Balaban J connectivity index is 0.817. The molecule has 0 aliphatic carbocycles. The van der Waals surface area contributed by atoms with E-state index in [1.54, 1.807) is 6.07 Å². The first-order chi connectivity index (χ1) is 37.3. The first-order valence-electron chi connectivity index (χ1n) is 27.9. The molecule has 0 unspecified atom stereocenters. The van der Waals surface area contributed by atoms with E-state index in [-0.39, 0.29) is 22.6 Å². The van der Waals surface area contributed by atoms with Gasteiger partial charge in [-0.3, -0.25) is 23.8 Å². The Morgan fingerprint density at radius 2 is 1.45 bits per heavy atom. The third-order valence-electron chi connectivity index (χ3n) is 15.3. The van der Waals surface area contributed by atoms with Crippen LogP contribution in [0.5, 0.6) is 5.75 Å². The van der Waals surface area contributed by atoms with Gasteiger partial charge in [0, 0.05) is 85.8 Å². The normalized spacial score (nSPS) is 16.9. The number of fused-ring (bicyclic) bond motifs is 2. The Bertz CT molecular complexity index is 3150. The number of nitrogens with one attached hydrogen (secondary N) is 3. The van der Waals surface area contributed by atoms with Crippen LogP contribution in [0.4, 0.5) is 22.7 Å². The van der Waals surface area contributed by atoms with Gasteiger partial charge in [0.05, 0.1) is 27.0 Å². The molecule has 0 bridgehead atoms. The van der Waals surface area contributed by atoms with Gasteiger partial charge >= 0.3 is 0 Å². The van der Waals surface area contributed by atoms with Gasteiger partial charge in [0.2, 0.25) is 11.6 Å². The molecule has 4 aromatic rings. The van der Waals surface area contributed by atoms with Crippen LogP contribution in [0.25, 0.3) is 0 Å². The number of likely N-dealkylation sites (tertiary alicyclic amines) is 1. The van der Waals surface area contributed by atoms with Gasteiger partial charge in [-0.1, -0.05) is 94.2 Å². The van der Waals surface area contributed by atoms with Crippen LogP contribution >= 0.6 is 0 Å². The van der Waals surface area contributed by atoms with Gasteiger partial charge in [-0.05, 0) is 120 Å². The van der Waals surface area contributed by atoms with E-state index in [1.807, 2.05) is 48.6 Å². The van der Waals surface area contributed by atoms with Crippen LogP contribution < -0.4 is 36.4 Å². The van der Waals surface area contributed by atoms with Crippen molar-refractivity contribution in [1.29, 1.82) is 0 Å². The lowest BCUT2D eigenvalue weighted by Crippen LogP contribution is -2.37. The van der Waals surface area contributed by atoms with E-state index in [1.165, 1.54) is 37.0 Å². The fraction of sp³-hybridized carbons (Fsp3) is 0.500. The molecule has 1 saturated heterocycles. The summed E-state index contributed by atoms with van der Waals surface area (Å²) in [7, 11) is -8.74. The Kier molecular flexibility index (Phi) is 20.9. The van der Waals surface area contributed by atoms with E-state index in [9.17, 15) is 40.3 Å². The number of rotatable bonds is 31. The molecule has 3 aliphatic rings. The molecule has 78 heavy (non-hydrogen) atoms. The summed E-state index contributed by atoms with van der Waals surface area (Å²) in [4.78, 5) is 41.9. The molecule has 0 saturated carbocycles. The molecule has 4 aromatic carbocycles. The monoisotopic (exact) mass is 1110 g/mol. The van der Waals surface area contributed by atoms with Gasteiger partial charge in [-0.2, -0.15) is 13.0 Å². The van der Waals surface area contributed by atoms with Gasteiger partial charge in [0.25, 0.3) is 21.0 Å². The van der Waals surface area contributed by atoms with Crippen molar-refractivity contribution in [2.24, 2.45) is 0 Å². The molecular formula is C60H80N6O10S2. The average molecular weight is 1110 g/mol. The highest BCUT2D eigenvalue weighted by Crippen LogP contribution is 2.49. The smallest absolute Gasteiger partial charge is 0.294 e. The van der Waals surface area contributed by atoms with Crippen LogP contribution in [0.3, 0.4) is 0 Å². The molecule has 3 aliphatic heterocycles. The molecule has 0 spiro atoms.